The normalized spacial score (nSPS) is 13.3. The van der Waals surface area contributed by atoms with Gasteiger partial charge in [0.25, 0.3) is 0 Å². The zero-order valence-electron chi connectivity index (χ0n) is 83.5. The minimum Gasteiger partial charge on any atom is -0.311 e. The molecule has 0 amide bonds. The Kier molecular flexibility index (Phi) is 22.7. The lowest BCUT2D eigenvalue weighted by Gasteiger charge is -2.36. The Morgan fingerprint density at radius 2 is 0.248 bits per heavy atom. The van der Waals surface area contributed by atoms with Gasteiger partial charge in [0.05, 0.1) is 16.2 Å². The van der Waals surface area contributed by atoms with Crippen LogP contribution in [0.3, 0.4) is 0 Å². The lowest BCUT2D eigenvalue weighted by Crippen LogP contribution is -2.29. The maximum absolute atomic E-state index is 2.49. The smallest absolute Gasteiger partial charge is 0.0713 e. The van der Waals surface area contributed by atoms with Crippen LogP contribution in [0.5, 0.6) is 0 Å². The molecule has 0 aliphatic heterocycles. The lowest BCUT2D eigenvalue weighted by atomic mass is 9.67. The second-order valence-corrected chi connectivity index (χ2v) is 42.3. The predicted octanol–water partition coefficient (Wildman–Crippen LogP) is 37.5. The monoisotopic (exact) mass is 1860 g/mol. The predicted molar refractivity (Wildman–Crippen MR) is 609 cm³/mol. The van der Waals surface area contributed by atoms with Crippen LogP contribution in [0.2, 0.25) is 0 Å². The summed E-state index contributed by atoms with van der Waals surface area (Å²) in [5, 5.41) is 0. The van der Waals surface area contributed by atoms with Crippen LogP contribution in [-0.2, 0) is 32.5 Å². The molecule has 21 aromatic rings. The molecule has 0 N–H and O–H groups in total. The first-order valence-corrected chi connectivity index (χ1v) is 51.0. The van der Waals surface area contributed by atoms with Gasteiger partial charge in [-0.2, -0.15) is 0 Å². The Hall–Kier alpha value is -17.2. The zero-order valence-corrected chi connectivity index (χ0v) is 83.5. The minimum absolute atomic E-state index is 0.0135. The highest BCUT2D eigenvalue weighted by atomic mass is 15.2. The molecule has 0 unspecified atom stereocenters. The summed E-state index contributed by atoms with van der Waals surface area (Å²) in [6.07, 6.45) is 0. The minimum atomic E-state index is -0.732. The number of fused-ring (bicyclic) bond motifs is 9. The first kappa shape index (κ1) is 90.4. The van der Waals surface area contributed by atoms with Gasteiger partial charge >= 0.3 is 0 Å². The van der Waals surface area contributed by atoms with E-state index in [9.17, 15) is 0 Å². The lowest BCUT2D eigenvalue weighted by molar-refractivity contribution is 0.590. The van der Waals surface area contributed by atoms with Crippen molar-refractivity contribution in [1.82, 2.24) is 0 Å². The summed E-state index contributed by atoms with van der Waals surface area (Å²) in [5.74, 6) is 0. The topological polar surface area (TPSA) is 13.0 Å². The van der Waals surface area contributed by atoms with Crippen LogP contribution in [0.4, 0.5) is 68.2 Å². The van der Waals surface area contributed by atoms with E-state index < -0.39 is 16.2 Å². The summed E-state index contributed by atoms with van der Waals surface area (Å²) in [4.78, 5) is 9.72. The third kappa shape index (κ3) is 15.7. The number of nitrogens with zero attached hydrogens (tertiary/aromatic N) is 4. The molecule has 0 bridgehead atoms. The molecule has 0 radical (unpaired) electrons. The van der Waals surface area contributed by atoms with E-state index >= 15 is 0 Å². The molecular weight excluding hydrogens is 1750 g/mol. The Bertz CT molecular complexity index is 7360. The second kappa shape index (κ2) is 36.4. The number of hydrogen-bond acceptors (Lipinski definition) is 4. The Labute approximate surface area is 854 Å². The van der Waals surface area contributed by atoms with Gasteiger partial charge in [-0.05, 0) is 312 Å². The number of anilines is 12. The molecular formula is C141H114N4. The van der Waals surface area contributed by atoms with Crippen molar-refractivity contribution in [3.8, 4) is 66.8 Å². The van der Waals surface area contributed by atoms with Gasteiger partial charge in [-0.15, -0.1) is 0 Å². The first-order valence-electron chi connectivity index (χ1n) is 51.0. The fourth-order valence-corrected chi connectivity index (χ4v) is 23.7. The molecule has 698 valence electrons. The van der Waals surface area contributed by atoms with Gasteiger partial charge in [0.1, 0.15) is 0 Å². The molecule has 145 heavy (non-hydrogen) atoms. The second-order valence-electron chi connectivity index (χ2n) is 42.3. The van der Waals surface area contributed by atoms with Gasteiger partial charge in [0, 0.05) is 68.2 Å². The number of hydrogen-bond donors (Lipinski definition) is 0. The van der Waals surface area contributed by atoms with E-state index in [1.54, 1.807) is 0 Å². The van der Waals surface area contributed by atoms with Gasteiger partial charge in [0.15, 0.2) is 0 Å². The van der Waals surface area contributed by atoms with Crippen molar-refractivity contribution >= 4 is 68.2 Å². The molecule has 4 heteroatoms. The van der Waals surface area contributed by atoms with Crippen molar-refractivity contribution < 1.29 is 0 Å². The van der Waals surface area contributed by atoms with E-state index in [1.807, 2.05) is 0 Å². The third-order valence-corrected chi connectivity index (χ3v) is 30.9. The maximum Gasteiger partial charge on any atom is 0.0713 e. The molecule has 0 aromatic heterocycles. The van der Waals surface area contributed by atoms with E-state index in [0.29, 0.717) is 0 Å². The van der Waals surface area contributed by atoms with Crippen molar-refractivity contribution in [3.63, 3.8) is 0 Å². The quantitative estimate of drug-likeness (QED) is 0.0711. The largest absolute Gasteiger partial charge is 0.311 e. The molecule has 24 rings (SSSR count). The van der Waals surface area contributed by atoms with Crippen molar-refractivity contribution in [2.45, 2.75) is 94.8 Å². The van der Waals surface area contributed by atoms with Gasteiger partial charge in [-0.3, -0.25) is 0 Å². The average Bonchev–Trinajstić information content (AvgIpc) is 1.53. The SMILES string of the molecule is CC(C)(C)c1ccc(N(c2ccc(-c3ccccc3)cc2)c2ccc(C3(c4ccc(N(c5ccc(C6(c7ccc(N(c8ccc(-c9ccccc9)cc8)c8ccc(C(C)(C)C)cc8)cc7)c7ccccc7-c7ccccc76)cc5)c5ccc(C6(c7ccc(N(c8ccc(-c9ccccc9)cc8)c8ccc(C(C)(C)C)cc8)cc7)c7ccccc7-c7ccccc76)cc5)cc4)c4ccccc4-c4ccccc43)cc2)cc1. The van der Waals surface area contributed by atoms with Crippen molar-refractivity contribution in [2.75, 3.05) is 19.6 Å². The van der Waals surface area contributed by atoms with E-state index in [0.717, 1.165) is 68.2 Å². The van der Waals surface area contributed by atoms with Crippen molar-refractivity contribution in [1.29, 1.82) is 0 Å². The molecule has 0 heterocycles. The highest BCUT2D eigenvalue weighted by molar-refractivity contribution is 5.93. The molecule has 0 fully saturated rings. The molecule has 3 aliphatic rings. The van der Waals surface area contributed by atoms with E-state index in [2.05, 4.69) is 610 Å². The van der Waals surface area contributed by atoms with Crippen LogP contribution in [0.15, 0.2) is 528 Å². The summed E-state index contributed by atoms with van der Waals surface area (Å²) in [7, 11) is 0. The summed E-state index contributed by atoms with van der Waals surface area (Å²) in [5.41, 5.74) is 43.4. The van der Waals surface area contributed by atoms with Gasteiger partial charge in [0.2, 0.25) is 0 Å². The van der Waals surface area contributed by atoms with E-state index in [1.165, 1.54) is 150 Å². The molecule has 0 atom stereocenters. The molecule has 4 nitrogen and oxygen atoms in total. The molecule has 0 spiro atoms. The Morgan fingerprint density at radius 1 is 0.124 bits per heavy atom. The van der Waals surface area contributed by atoms with Gasteiger partial charge < -0.3 is 19.6 Å². The number of benzene rings is 21. The summed E-state index contributed by atoms with van der Waals surface area (Å²) in [6.45, 7) is 20.6. The fraction of sp³-hybridized carbons (Fsp3) is 0.106. The van der Waals surface area contributed by atoms with Crippen LogP contribution in [0, 0.1) is 0 Å². The summed E-state index contributed by atoms with van der Waals surface area (Å²) >= 11 is 0. The van der Waals surface area contributed by atoms with Gasteiger partial charge in [-0.25, -0.2) is 0 Å². The summed E-state index contributed by atoms with van der Waals surface area (Å²) < 4.78 is 0. The van der Waals surface area contributed by atoms with Crippen molar-refractivity contribution in [3.05, 3.63) is 611 Å². The fourth-order valence-electron chi connectivity index (χ4n) is 23.7. The van der Waals surface area contributed by atoms with Gasteiger partial charge in [-0.1, -0.05) is 444 Å². The van der Waals surface area contributed by atoms with Crippen LogP contribution < -0.4 is 19.6 Å². The first-order chi connectivity index (χ1) is 70.8. The van der Waals surface area contributed by atoms with Crippen LogP contribution in [0.25, 0.3) is 66.8 Å². The van der Waals surface area contributed by atoms with E-state index in [4.69, 9.17) is 0 Å². The standard InChI is InChI=1S/C141H114N4/c1-136(2,3)103-55-79-115(80-56-103)142(112-73-49-100(50-74-112)97-31-13-10-14-32-97)118-85-61-106(62-86-118)139(130-43-25-19-37-124(130)125-38-20-26-44-131(125)139)109-67-91-121(92-68-109)145(122-93-69-110(70-94-122)140(132-45-27-21-39-126(132)127-40-22-28-46-133(127)140)107-63-87-119(88-64-107)143(116-81-57-104(58-82-116)137(4,5)6)113-75-51-101(52-76-113)98-33-15-11-16-34-98)123-95-71-111(72-96-123)141(134-47-29-23-41-128(134)129-42-24-30-48-135(129)141)108-65-89-120(90-66-108)144(117-83-59-105(60-84-117)138(7,8)9)114-77-53-102(54-78-114)99-35-17-12-18-36-99/h10-96H,1-9H3. The highest BCUT2D eigenvalue weighted by Gasteiger charge is 2.50. The molecule has 0 saturated carbocycles. The molecule has 3 aliphatic carbocycles. The van der Waals surface area contributed by atoms with Crippen LogP contribution >= 0.6 is 0 Å². The summed E-state index contributed by atoms with van der Waals surface area (Å²) in [6, 6.07) is 199. The van der Waals surface area contributed by atoms with E-state index in [-0.39, 0.29) is 16.2 Å². The van der Waals surface area contributed by atoms with Crippen LogP contribution in [0.1, 0.15) is 146 Å². The number of rotatable bonds is 21. The molecule has 0 saturated heterocycles. The third-order valence-electron chi connectivity index (χ3n) is 30.9. The van der Waals surface area contributed by atoms with Crippen LogP contribution in [-0.4, -0.2) is 0 Å². The highest BCUT2D eigenvalue weighted by Crippen LogP contribution is 2.62. The van der Waals surface area contributed by atoms with Crippen molar-refractivity contribution in [2.24, 2.45) is 0 Å². The average molecular weight is 1860 g/mol. The Morgan fingerprint density at radius 3 is 0.400 bits per heavy atom. The maximum atomic E-state index is 2.49. The Balaban J connectivity index is 0.664. The zero-order chi connectivity index (χ0) is 98.3. The molecule has 21 aromatic carbocycles.